The molecule has 2 nitrogen and oxygen atoms in total. The molecule has 5 fully saturated rings. The highest BCUT2D eigenvalue weighted by Gasteiger charge is 2.60. The molecule has 5 aliphatic rings. The molecular weight excluding hydrogens is 442 g/mol. The Hall–Kier alpha value is -0.220. The van der Waals surface area contributed by atoms with Gasteiger partial charge in [0, 0.05) is 12.8 Å². The van der Waals surface area contributed by atoms with Crippen LogP contribution in [0.3, 0.4) is 0 Å². The van der Waals surface area contributed by atoms with Crippen LogP contribution in [0.25, 0.3) is 0 Å². The van der Waals surface area contributed by atoms with Gasteiger partial charge in [0.2, 0.25) is 5.92 Å². The highest BCUT2D eigenvalue weighted by molar-refractivity contribution is 5.09. The molecule has 0 spiro atoms. The van der Waals surface area contributed by atoms with Crippen molar-refractivity contribution in [3.63, 3.8) is 0 Å². The molecule has 0 heterocycles. The third-order valence-corrected chi connectivity index (χ3v) is 12.4. The summed E-state index contributed by atoms with van der Waals surface area (Å²) in [7, 11) is 0. The number of fused-ring (bicyclic) bond motifs is 5. The Bertz CT molecular complexity index is 715. The maximum atomic E-state index is 13.6. The van der Waals surface area contributed by atoms with E-state index in [2.05, 4.69) is 20.8 Å². The molecular formula is C31H54F2O2. The summed E-state index contributed by atoms with van der Waals surface area (Å²) in [5, 5.41) is 21.2. The highest BCUT2D eigenvalue weighted by atomic mass is 19.3. The van der Waals surface area contributed by atoms with Crippen molar-refractivity contribution in [1.82, 2.24) is 0 Å². The summed E-state index contributed by atoms with van der Waals surface area (Å²) < 4.78 is 27.2. The molecule has 204 valence electrons. The summed E-state index contributed by atoms with van der Waals surface area (Å²) in [4.78, 5) is 0. The summed E-state index contributed by atoms with van der Waals surface area (Å²) in [5.41, 5.74) is -0.0370. The van der Waals surface area contributed by atoms with Gasteiger partial charge >= 0.3 is 0 Å². The minimum absolute atomic E-state index is 0.0737. The summed E-state index contributed by atoms with van der Waals surface area (Å²) in [6.07, 6.45) is 13.0. The Morgan fingerprint density at radius 1 is 0.800 bits per heavy atom. The van der Waals surface area contributed by atoms with E-state index in [4.69, 9.17) is 0 Å². The second-order valence-electron chi connectivity index (χ2n) is 13.9. The fourth-order valence-corrected chi connectivity index (χ4v) is 10.2. The van der Waals surface area contributed by atoms with Gasteiger partial charge in [0.05, 0.1) is 11.7 Å². The van der Waals surface area contributed by atoms with Crippen molar-refractivity contribution in [3.05, 3.63) is 0 Å². The van der Waals surface area contributed by atoms with Crippen molar-refractivity contribution in [2.45, 2.75) is 149 Å². The number of hydrogen-bond acceptors (Lipinski definition) is 2. The second kappa shape index (κ2) is 10.2. The van der Waals surface area contributed by atoms with Crippen molar-refractivity contribution in [1.29, 1.82) is 0 Å². The smallest absolute Gasteiger partial charge is 0.248 e. The predicted octanol–water partition coefficient (Wildman–Crippen LogP) is 8.39. The molecule has 0 aliphatic heterocycles. The van der Waals surface area contributed by atoms with Crippen LogP contribution < -0.4 is 0 Å². The third kappa shape index (κ3) is 5.10. The van der Waals surface area contributed by atoms with Gasteiger partial charge in [-0.25, -0.2) is 8.78 Å². The van der Waals surface area contributed by atoms with Gasteiger partial charge in [0.15, 0.2) is 0 Å². The van der Waals surface area contributed by atoms with Crippen molar-refractivity contribution >= 4 is 0 Å². The van der Waals surface area contributed by atoms with Gasteiger partial charge in [0.25, 0.3) is 0 Å². The first kappa shape index (κ1) is 27.8. The van der Waals surface area contributed by atoms with E-state index in [1.54, 1.807) is 0 Å². The van der Waals surface area contributed by atoms with E-state index in [1.807, 2.05) is 13.8 Å². The van der Waals surface area contributed by atoms with Crippen LogP contribution in [0.4, 0.5) is 8.78 Å². The monoisotopic (exact) mass is 496 g/mol. The van der Waals surface area contributed by atoms with Crippen LogP contribution in [0.15, 0.2) is 0 Å². The van der Waals surface area contributed by atoms with Crippen LogP contribution in [0, 0.1) is 46.3 Å². The van der Waals surface area contributed by atoms with Crippen LogP contribution in [-0.4, -0.2) is 27.8 Å². The molecule has 0 saturated heterocycles. The van der Waals surface area contributed by atoms with Crippen molar-refractivity contribution in [2.75, 3.05) is 0 Å². The van der Waals surface area contributed by atoms with Gasteiger partial charge in [-0.2, -0.15) is 0 Å². The number of alkyl halides is 2. The number of hydrogen-bond donors (Lipinski definition) is 2. The Morgan fingerprint density at radius 3 is 2.11 bits per heavy atom. The van der Waals surface area contributed by atoms with Crippen LogP contribution in [-0.2, 0) is 0 Å². The highest BCUT2D eigenvalue weighted by Crippen LogP contribution is 2.68. The molecule has 0 aromatic heterocycles. The van der Waals surface area contributed by atoms with E-state index in [-0.39, 0.29) is 31.8 Å². The van der Waals surface area contributed by atoms with Crippen LogP contribution in [0.1, 0.15) is 131 Å². The molecule has 0 aromatic carbocycles. The molecule has 5 aliphatic carbocycles. The Labute approximate surface area is 214 Å². The standard InChI is InChI=1S/C29H48F2O2.C2H6/c1-19(8-13-28(33)14-16-29(30,31)17-15-28)23-6-7-24-22-5-4-20-18-21(32)9-11-26(20,2)25(22)10-12-27(23,24)3;1-2/h19-25,32-33H,4-18H2,1-3H3;1-2H3/t19?,20?,21?,22?,23-,24?,25?,26?,27?;/m1./s1. The third-order valence-electron chi connectivity index (χ3n) is 12.4. The topological polar surface area (TPSA) is 40.5 Å². The molecule has 0 radical (unpaired) electrons. The minimum atomic E-state index is -2.57. The number of aliphatic hydroxyl groups excluding tert-OH is 1. The average Bonchev–Trinajstić information content (AvgIpc) is 3.19. The molecule has 0 aromatic rings. The fraction of sp³-hybridized carbons (Fsp3) is 1.00. The lowest BCUT2D eigenvalue weighted by atomic mass is 9.44. The van der Waals surface area contributed by atoms with E-state index in [0.29, 0.717) is 35.0 Å². The van der Waals surface area contributed by atoms with E-state index < -0.39 is 11.5 Å². The van der Waals surface area contributed by atoms with E-state index in [9.17, 15) is 19.0 Å². The number of rotatable bonds is 4. The first-order valence-corrected chi connectivity index (χ1v) is 15.2. The first-order chi connectivity index (χ1) is 16.5. The van der Waals surface area contributed by atoms with Crippen LogP contribution in [0.2, 0.25) is 0 Å². The van der Waals surface area contributed by atoms with Crippen LogP contribution in [0.5, 0.6) is 0 Å². The zero-order valence-corrected chi connectivity index (χ0v) is 23.3. The quantitative estimate of drug-likeness (QED) is 0.410. The van der Waals surface area contributed by atoms with Gasteiger partial charge in [-0.3, -0.25) is 0 Å². The Balaban J connectivity index is 0.00000141. The molecule has 5 rings (SSSR count). The zero-order valence-electron chi connectivity index (χ0n) is 23.3. The molecule has 0 bridgehead atoms. The summed E-state index contributed by atoms with van der Waals surface area (Å²) in [6, 6.07) is 0. The summed E-state index contributed by atoms with van der Waals surface area (Å²) >= 11 is 0. The van der Waals surface area contributed by atoms with E-state index >= 15 is 0 Å². The fourth-order valence-electron chi connectivity index (χ4n) is 10.2. The molecule has 5 saturated carbocycles. The lowest BCUT2D eigenvalue weighted by molar-refractivity contribution is -0.130. The van der Waals surface area contributed by atoms with E-state index in [1.165, 1.54) is 44.9 Å². The Kier molecular flexibility index (Phi) is 8.07. The van der Waals surface area contributed by atoms with Gasteiger partial charge in [0.1, 0.15) is 0 Å². The van der Waals surface area contributed by atoms with Gasteiger partial charge in [-0.1, -0.05) is 34.6 Å². The summed E-state index contributed by atoms with van der Waals surface area (Å²) in [5.74, 6) is 1.91. The van der Waals surface area contributed by atoms with Gasteiger partial charge < -0.3 is 10.2 Å². The first-order valence-electron chi connectivity index (χ1n) is 15.2. The number of halogens is 2. The maximum absolute atomic E-state index is 13.6. The maximum Gasteiger partial charge on any atom is 0.248 e. The van der Waals surface area contributed by atoms with Crippen LogP contribution >= 0.6 is 0 Å². The molecule has 9 atom stereocenters. The average molecular weight is 497 g/mol. The molecule has 0 amide bonds. The van der Waals surface area contributed by atoms with Crippen molar-refractivity contribution in [2.24, 2.45) is 46.3 Å². The van der Waals surface area contributed by atoms with E-state index in [0.717, 1.165) is 37.0 Å². The largest absolute Gasteiger partial charge is 0.393 e. The van der Waals surface area contributed by atoms with Gasteiger partial charge in [-0.05, 0) is 130 Å². The predicted molar refractivity (Wildman–Crippen MR) is 139 cm³/mol. The Morgan fingerprint density at radius 2 is 1.43 bits per heavy atom. The normalized spacial score (nSPS) is 46.9. The van der Waals surface area contributed by atoms with Gasteiger partial charge in [-0.15, -0.1) is 0 Å². The second-order valence-corrected chi connectivity index (χ2v) is 13.9. The lowest BCUT2D eigenvalue weighted by Gasteiger charge is -2.61. The lowest BCUT2D eigenvalue weighted by Crippen LogP contribution is -2.54. The molecule has 8 unspecified atom stereocenters. The molecule has 2 N–H and O–H groups in total. The number of aliphatic hydroxyl groups is 2. The molecule has 35 heavy (non-hydrogen) atoms. The zero-order chi connectivity index (χ0) is 25.6. The van der Waals surface area contributed by atoms with Crippen molar-refractivity contribution < 1.29 is 19.0 Å². The molecule has 4 heteroatoms. The minimum Gasteiger partial charge on any atom is -0.393 e. The summed E-state index contributed by atoms with van der Waals surface area (Å²) in [6.45, 7) is 11.5. The van der Waals surface area contributed by atoms with Crippen molar-refractivity contribution in [3.8, 4) is 0 Å². The SMILES string of the molecule is CC.CC(CCC1(O)CCC(F)(F)CC1)[C@H]1CCC2C3CCC4CC(O)CCC4(C)C3CCC21C.